The van der Waals surface area contributed by atoms with Crippen molar-refractivity contribution in [1.29, 1.82) is 0 Å². The fourth-order valence-electron chi connectivity index (χ4n) is 2.44. The molecule has 1 fully saturated rings. The van der Waals surface area contributed by atoms with Crippen LogP contribution in [-0.2, 0) is 0 Å². The minimum atomic E-state index is 0.283. The molecule has 1 aliphatic rings. The summed E-state index contributed by atoms with van der Waals surface area (Å²) in [5.41, 5.74) is 5.53. The Morgan fingerprint density at radius 2 is 2.00 bits per heavy atom. The number of anilines is 2. The quantitative estimate of drug-likeness (QED) is 0.862. The molecule has 22 heavy (non-hydrogen) atoms. The summed E-state index contributed by atoms with van der Waals surface area (Å²) in [4.78, 5) is 8.65. The lowest BCUT2D eigenvalue weighted by Gasteiger charge is -2.34. The van der Waals surface area contributed by atoms with Crippen LogP contribution in [0, 0.1) is 0 Å². The summed E-state index contributed by atoms with van der Waals surface area (Å²) in [6.45, 7) is 5.18. The Balaban J connectivity index is 1.42. The van der Waals surface area contributed by atoms with Crippen LogP contribution in [0.25, 0.3) is 0 Å². The third kappa shape index (κ3) is 3.61. The summed E-state index contributed by atoms with van der Waals surface area (Å²) in [6, 6.07) is 7.53. The smallest absolute Gasteiger partial charge is 0.241 e. The zero-order valence-corrected chi connectivity index (χ0v) is 13.0. The average molecular weight is 323 g/mol. The molecule has 2 aromatic rings. The average Bonchev–Trinajstić information content (AvgIpc) is 2.96. The number of halogens is 1. The molecule has 0 spiro atoms. The number of aromatic nitrogens is 3. The van der Waals surface area contributed by atoms with E-state index in [4.69, 9.17) is 22.1 Å². The van der Waals surface area contributed by atoms with Gasteiger partial charge in [-0.05, 0) is 12.1 Å². The lowest BCUT2D eigenvalue weighted by atomic mass is 10.3. The lowest BCUT2D eigenvalue weighted by molar-refractivity contribution is 0.200. The fraction of sp³-hybridized carbons (Fsp3) is 0.429. The number of nitrogens with zero attached hydrogens (tertiary/aromatic N) is 4. The van der Waals surface area contributed by atoms with Crippen LogP contribution < -0.4 is 15.4 Å². The Morgan fingerprint density at radius 3 is 2.68 bits per heavy atom. The first kappa shape index (κ1) is 14.9. The molecule has 0 amide bonds. The van der Waals surface area contributed by atoms with E-state index in [9.17, 15) is 0 Å². The van der Waals surface area contributed by atoms with E-state index < -0.39 is 0 Å². The zero-order valence-electron chi connectivity index (χ0n) is 12.2. The monoisotopic (exact) mass is 322 g/mol. The number of aromatic amines is 1. The molecule has 118 valence electrons. The van der Waals surface area contributed by atoms with E-state index in [-0.39, 0.29) is 5.95 Å². The second-order valence-electron chi connectivity index (χ2n) is 5.12. The molecule has 3 rings (SSSR count). The number of hydrogen-bond donors (Lipinski definition) is 2. The summed E-state index contributed by atoms with van der Waals surface area (Å²) >= 11 is 6.06. The predicted octanol–water partition coefficient (Wildman–Crippen LogP) is 1.24. The number of para-hydroxylation sites is 1. The summed E-state index contributed by atoms with van der Waals surface area (Å²) in [5.74, 6) is 1.76. The molecule has 2 heterocycles. The molecule has 1 aromatic carbocycles. The van der Waals surface area contributed by atoms with Crippen LogP contribution in [0.4, 0.5) is 11.9 Å². The van der Waals surface area contributed by atoms with Crippen molar-refractivity contribution in [1.82, 2.24) is 20.1 Å². The van der Waals surface area contributed by atoms with Gasteiger partial charge in [-0.15, -0.1) is 5.10 Å². The van der Waals surface area contributed by atoms with Gasteiger partial charge in [0.1, 0.15) is 12.4 Å². The number of ether oxygens (including phenoxy) is 1. The van der Waals surface area contributed by atoms with Crippen LogP contribution in [0.15, 0.2) is 24.3 Å². The van der Waals surface area contributed by atoms with E-state index in [2.05, 4.69) is 25.0 Å². The molecule has 1 aromatic heterocycles. The molecule has 0 radical (unpaired) electrons. The number of nitrogens with one attached hydrogen (secondary N) is 1. The van der Waals surface area contributed by atoms with Gasteiger partial charge in [0.2, 0.25) is 11.9 Å². The first-order chi connectivity index (χ1) is 10.7. The predicted molar refractivity (Wildman–Crippen MR) is 86.4 cm³/mol. The molecular formula is C14H19ClN6O. The van der Waals surface area contributed by atoms with Gasteiger partial charge in [-0.3, -0.25) is 4.90 Å². The van der Waals surface area contributed by atoms with Gasteiger partial charge in [-0.25, -0.2) is 5.10 Å². The molecule has 0 saturated carbocycles. The third-order valence-corrected chi connectivity index (χ3v) is 3.98. The minimum absolute atomic E-state index is 0.283. The highest BCUT2D eigenvalue weighted by atomic mass is 35.5. The Labute approximate surface area is 134 Å². The van der Waals surface area contributed by atoms with E-state index >= 15 is 0 Å². The van der Waals surface area contributed by atoms with Crippen LogP contribution >= 0.6 is 11.6 Å². The summed E-state index contributed by atoms with van der Waals surface area (Å²) in [6.07, 6.45) is 0. The second kappa shape index (κ2) is 6.85. The van der Waals surface area contributed by atoms with Gasteiger partial charge >= 0.3 is 0 Å². The number of H-pyrrole nitrogens is 1. The van der Waals surface area contributed by atoms with Crippen molar-refractivity contribution >= 4 is 23.5 Å². The van der Waals surface area contributed by atoms with Gasteiger partial charge in [-0.1, -0.05) is 23.7 Å². The van der Waals surface area contributed by atoms with Gasteiger partial charge in [-0.2, -0.15) is 4.98 Å². The number of piperazine rings is 1. The molecule has 0 aliphatic carbocycles. The maximum absolute atomic E-state index is 6.06. The molecule has 7 nitrogen and oxygen atoms in total. The van der Waals surface area contributed by atoms with Gasteiger partial charge in [0.25, 0.3) is 0 Å². The van der Waals surface area contributed by atoms with Crippen LogP contribution in [0.5, 0.6) is 5.75 Å². The molecule has 0 unspecified atom stereocenters. The topological polar surface area (TPSA) is 83.3 Å². The third-order valence-electron chi connectivity index (χ3n) is 3.66. The van der Waals surface area contributed by atoms with Crippen molar-refractivity contribution in [3.63, 3.8) is 0 Å². The summed E-state index contributed by atoms with van der Waals surface area (Å²) in [5, 5.41) is 7.35. The highest BCUT2D eigenvalue weighted by molar-refractivity contribution is 6.32. The molecule has 1 aliphatic heterocycles. The Bertz CT molecular complexity index is 611. The maximum atomic E-state index is 6.06. The van der Waals surface area contributed by atoms with Gasteiger partial charge in [0.05, 0.1) is 5.02 Å². The van der Waals surface area contributed by atoms with Gasteiger partial charge in [0.15, 0.2) is 0 Å². The number of hydrogen-bond acceptors (Lipinski definition) is 6. The molecule has 0 bridgehead atoms. The lowest BCUT2D eigenvalue weighted by Crippen LogP contribution is -2.47. The van der Waals surface area contributed by atoms with Crippen molar-refractivity contribution in [2.24, 2.45) is 0 Å². The molecule has 8 heteroatoms. The summed E-state index contributed by atoms with van der Waals surface area (Å²) in [7, 11) is 0. The highest BCUT2D eigenvalue weighted by Gasteiger charge is 2.19. The van der Waals surface area contributed by atoms with Crippen LogP contribution in [0.1, 0.15) is 0 Å². The molecule has 0 atom stereocenters. The van der Waals surface area contributed by atoms with Gasteiger partial charge < -0.3 is 15.4 Å². The van der Waals surface area contributed by atoms with Crippen LogP contribution in [0.3, 0.4) is 0 Å². The highest BCUT2D eigenvalue weighted by Crippen LogP contribution is 2.23. The van der Waals surface area contributed by atoms with Crippen LogP contribution in [-0.4, -0.2) is 59.4 Å². The summed E-state index contributed by atoms with van der Waals surface area (Å²) < 4.78 is 5.72. The van der Waals surface area contributed by atoms with Gasteiger partial charge in [0, 0.05) is 32.7 Å². The molecule has 1 saturated heterocycles. The maximum Gasteiger partial charge on any atom is 0.241 e. The molecule has 3 N–H and O–H groups in total. The first-order valence-corrected chi connectivity index (χ1v) is 7.62. The first-order valence-electron chi connectivity index (χ1n) is 7.25. The standard InChI is InChI=1S/C14H19ClN6O/c15-11-3-1-2-4-12(11)22-10-9-20-5-7-21(8-6-20)14-17-13(16)18-19-14/h1-4H,5-10H2,(H3,16,17,18,19). The van der Waals surface area contributed by atoms with Crippen molar-refractivity contribution < 1.29 is 4.74 Å². The van der Waals surface area contributed by atoms with Crippen molar-refractivity contribution in [2.75, 3.05) is 50.0 Å². The Kier molecular flexibility index (Phi) is 4.65. The van der Waals surface area contributed by atoms with Crippen molar-refractivity contribution in [3.8, 4) is 5.75 Å². The second-order valence-corrected chi connectivity index (χ2v) is 5.53. The van der Waals surface area contributed by atoms with E-state index in [1.165, 1.54) is 0 Å². The van der Waals surface area contributed by atoms with E-state index in [0.29, 0.717) is 11.6 Å². The van der Waals surface area contributed by atoms with Crippen LogP contribution in [0.2, 0.25) is 5.02 Å². The SMILES string of the molecule is Nc1n[nH]c(N2CCN(CCOc3ccccc3Cl)CC2)n1. The number of nitrogens with two attached hydrogens (primary N) is 1. The Morgan fingerprint density at radius 1 is 1.23 bits per heavy atom. The fourth-order valence-corrected chi connectivity index (χ4v) is 2.63. The molecular weight excluding hydrogens is 304 g/mol. The number of rotatable bonds is 5. The minimum Gasteiger partial charge on any atom is -0.491 e. The largest absolute Gasteiger partial charge is 0.491 e. The van der Waals surface area contributed by atoms with Crippen molar-refractivity contribution in [2.45, 2.75) is 0 Å². The normalized spacial score (nSPS) is 16.0. The van der Waals surface area contributed by atoms with E-state index in [1.54, 1.807) is 0 Å². The Hall–Kier alpha value is -1.99. The number of nitrogen functional groups attached to an aromatic ring is 1. The van der Waals surface area contributed by atoms with E-state index in [1.807, 2.05) is 24.3 Å². The zero-order chi connectivity index (χ0) is 15.4. The number of benzene rings is 1. The van der Waals surface area contributed by atoms with Crippen molar-refractivity contribution in [3.05, 3.63) is 29.3 Å². The van der Waals surface area contributed by atoms with E-state index in [0.717, 1.165) is 44.4 Å².